The number of carbonyl (C=O) groups excluding carboxylic acids is 6. The Kier molecular flexibility index (Phi) is 39.7. The Hall–Kier alpha value is -6.76. The summed E-state index contributed by atoms with van der Waals surface area (Å²) in [5.41, 5.74) is 4.11. The van der Waals surface area contributed by atoms with Gasteiger partial charge in [0, 0.05) is 36.9 Å². The predicted molar refractivity (Wildman–Crippen MR) is 329 cm³/mol. The van der Waals surface area contributed by atoms with Crippen LogP contribution in [0.1, 0.15) is 72.8 Å². The van der Waals surface area contributed by atoms with Gasteiger partial charge in [-0.25, -0.2) is 45.6 Å². The van der Waals surface area contributed by atoms with Gasteiger partial charge < -0.3 is 51.7 Å². The third-order valence-electron chi connectivity index (χ3n) is 9.84. The van der Waals surface area contributed by atoms with E-state index >= 15 is 0 Å². The van der Waals surface area contributed by atoms with Crippen LogP contribution in [0.4, 0.5) is 0 Å². The Labute approximate surface area is 535 Å². The van der Waals surface area contributed by atoms with E-state index in [-0.39, 0.29) is 68.0 Å². The summed E-state index contributed by atoms with van der Waals surface area (Å²) in [6.45, 7) is 18.5. The van der Waals surface area contributed by atoms with Crippen molar-refractivity contribution < 1.29 is 110 Å². The number of halogens is 4. The first-order valence-corrected chi connectivity index (χ1v) is 33.3. The topological polar surface area (TPSA) is 327 Å². The van der Waals surface area contributed by atoms with Crippen molar-refractivity contribution in [3.63, 3.8) is 0 Å². The minimum Gasteiger partial charge on any atom is -0.482 e. The van der Waals surface area contributed by atoms with Crippen LogP contribution in [0.5, 0.6) is 28.7 Å². The van der Waals surface area contributed by atoms with Gasteiger partial charge in [0.05, 0.1) is 48.4 Å². The average molecular weight is 1400 g/mol. The van der Waals surface area contributed by atoms with Gasteiger partial charge in [0.15, 0.2) is 33.0 Å². The Morgan fingerprint density at radius 2 is 0.682 bits per heavy atom. The van der Waals surface area contributed by atoms with Crippen molar-refractivity contribution in [1.29, 1.82) is 0 Å². The van der Waals surface area contributed by atoms with Crippen LogP contribution < -0.4 is 23.7 Å². The molecule has 88 heavy (non-hydrogen) atoms. The molecule has 24 nitrogen and oxygen atoms in total. The molecule has 0 spiro atoms. The van der Waals surface area contributed by atoms with E-state index in [0.717, 1.165) is 21.8 Å². The maximum Gasteiger partial charge on any atom is 0.356 e. The highest BCUT2D eigenvalue weighted by atomic mass is 35.7. The second kappa shape index (κ2) is 43.0. The maximum absolute atomic E-state index is 11.2. The van der Waals surface area contributed by atoms with Crippen LogP contribution in [-0.4, -0.2) is 132 Å². The first kappa shape index (κ1) is 81.2. The normalized spacial score (nSPS) is 10.4. The van der Waals surface area contributed by atoms with Crippen molar-refractivity contribution in [2.45, 2.75) is 83.9 Å². The lowest BCUT2D eigenvalue weighted by Crippen LogP contribution is -2.15. The first-order chi connectivity index (χ1) is 41.1. The molecule has 0 bridgehead atoms. The molecule has 0 radical (unpaired) electrons. The molecule has 0 aliphatic rings. The summed E-state index contributed by atoms with van der Waals surface area (Å²) in [5, 5.41) is 0. The molecule has 32 heteroatoms. The Balaban J connectivity index is 0.00000106. The smallest absolute Gasteiger partial charge is 0.356 e. The second-order valence-corrected chi connectivity index (χ2v) is 24.5. The summed E-state index contributed by atoms with van der Waals surface area (Å²) in [6, 6.07) is 25.9. The number of ether oxygens (including phenoxy) is 10. The zero-order valence-electron chi connectivity index (χ0n) is 49.3. The van der Waals surface area contributed by atoms with Gasteiger partial charge in [-0.1, -0.05) is 18.2 Å². The van der Waals surface area contributed by atoms with Gasteiger partial charge in [0.1, 0.15) is 40.6 Å². The van der Waals surface area contributed by atoms with Crippen LogP contribution >= 0.6 is 56.5 Å². The van der Waals surface area contributed by atoms with Crippen LogP contribution in [0.25, 0.3) is 0 Å². The van der Waals surface area contributed by atoms with Gasteiger partial charge in [0.2, 0.25) is 0 Å². The Morgan fingerprint density at radius 1 is 0.409 bits per heavy atom. The Morgan fingerprint density at radius 3 is 0.943 bits per heavy atom. The molecule has 0 atom stereocenters. The number of para-hydroxylation sites is 1. The fourth-order valence-electron chi connectivity index (χ4n) is 6.06. The quantitative estimate of drug-likeness (QED) is 0.0202. The second-order valence-electron chi connectivity index (χ2n) is 16.7. The molecule has 0 aliphatic heterocycles. The van der Waals surface area contributed by atoms with Gasteiger partial charge >= 0.3 is 45.1 Å². The number of benzene rings is 5. The Bertz CT molecular complexity index is 3290. The fourth-order valence-corrected chi connectivity index (χ4v) is 8.09. The number of esters is 5. The predicted octanol–water partition coefficient (Wildman–Crippen LogP) is 10.2. The largest absolute Gasteiger partial charge is 0.482 e. The molecule has 0 amide bonds. The van der Waals surface area contributed by atoms with Gasteiger partial charge in [0.25, 0.3) is 18.1 Å². The van der Waals surface area contributed by atoms with E-state index in [2.05, 4.69) is 27.6 Å². The molecular weight excluding hydrogens is 1330 g/mol. The lowest BCUT2D eigenvalue weighted by atomic mass is 10.1. The average Bonchev–Trinajstić information content (AvgIpc) is 2.95. The van der Waals surface area contributed by atoms with Crippen molar-refractivity contribution in [2.24, 2.45) is 0 Å². The van der Waals surface area contributed by atoms with E-state index in [1.165, 1.54) is 42.5 Å². The standard InChI is InChI=1S/C12H13ClO5.2C11H13ClO5S.C11H14O3S.C11H14O3.ClHO3S/c1-3-16-11(14)7-17-10-5-4-9(6-8(10)2)12(15)18-13;2*1-3-16-11(13)7-17-10-5-4-9(6-8(10)2)18(12,14)15;1-3-13-11(12)7-14-10-5-4-9(15)6-8(10)2;1-3-13-11(12)8-14-10-7-5-4-6-9(10)2;1-5(2,3)4/h3*4-6H,3,7H2,1-2H3;4-6,15H,3,7H2,1-2H3;4-7H,3,8H2,1-2H3;(H,2,3,4). The molecule has 0 saturated heterocycles. The number of aryl methyl sites for hydroxylation is 5. The number of hydrogen-bond donors (Lipinski definition) is 2. The highest BCUT2D eigenvalue weighted by Crippen LogP contribution is 2.26. The third kappa shape index (κ3) is 37.2. The molecule has 0 aromatic heterocycles. The molecular formula is C56H68Cl4O24S4. The summed E-state index contributed by atoms with van der Waals surface area (Å²) in [6.07, 6.45) is 0. The van der Waals surface area contributed by atoms with E-state index in [9.17, 15) is 45.6 Å². The molecule has 5 rings (SSSR count). The van der Waals surface area contributed by atoms with Crippen molar-refractivity contribution in [3.05, 3.63) is 130 Å². The van der Waals surface area contributed by atoms with Gasteiger partial charge in [-0.05, 0) is 176 Å². The van der Waals surface area contributed by atoms with Crippen LogP contribution in [0.2, 0.25) is 0 Å². The van der Waals surface area contributed by atoms with Gasteiger partial charge in [-0.15, -0.1) is 12.6 Å². The summed E-state index contributed by atoms with van der Waals surface area (Å²) < 4.78 is 123. The molecule has 488 valence electrons. The summed E-state index contributed by atoms with van der Waals surface area (Å²) in [7, 11) is 2.77. The first-order valence-electron chi connectivity index (χ1n) is 25.6. The van der Waals surface area contributed by atoms with Gasteiger partial charge in [-0.3, -0.25) is 4.55 Å². The van der Waals surface area contributed by atoms with E-state index in [1.54, 1.807) is 73.6 Å². The highest BCUT2D eigenvalue weighted by molar-refractivity contribution is 8.14. The third-order valence-corrected chi connectivity index (χ3v) is 13.0. The number of carbonyl (C=O) groups is 6. The van der Waals surface area contributed by atoms with Crippen LogP contribution in [0.15, 0.2) is 112 Å². The number of rotatable bonds is 23. The monoisotopic (exact) mass is 1390 g/mol. The van der Waals surface area contributed by atoms with Crippen LogP contribution in [0, 0.1) is 34.6 Å². The van der Waals surface area contributed by atoms with Crippen molar-refractivity contribution in [3.8, 4) is 28.7 Å². The summed E-state index contributed by atoms with van der Waals surface area (Å²) >= 11 is 9.17. The lowest BCUT2D eigenvalue weighted by Gasteiger charge is -2.09. The van der Waals surface area contributed by atoms with E-state index in [1.807, 2.05) is 50.2 Å². The molecule has 5 aromatic carbocycles. The van der Waals surface area contributed by atoms with Crippen LogP contribution in [-0.2, 0) is 79.4 Å². The van der Waals surface area contributed by atoms with Crippen molar-refractivity contribution in [2.75, 3.05) is 66.1 Å². The summed E-state index contributed by atoms with van der Waals surface area (Å²) in [4.78, 5) is 67.3. The minimum atomic E-state index is -4.19. The molecule has 0 unspecified atom stereocenters. The zero-order valence-corrected chi connectivity index (χ0v) is 55.7. The molecule has 5 aromatic rings. The lowest BCUT2D eigenvalue weighted by molar-refractivity contribution is -0.146. The van der Waals surface area contributed by atoms with Gasteiger partial charge in [-0.2, -0.15) is 8.42 Å². The fraction of sp³-hybridized carbons (Fsp3) is 0.357. The van der Waals surface area contributed by atoms with Crippen molar-refractivity contribution in [1.82, 2.24) is 0 Å². The van der Waals surface area contributed by atoms with E-state index in [4.69, 9.17) is 93.6 Å². The van der Waals surface area contributed by atoms with Crippen LogP contribution in [0.3, 0.4) is 0 Å². The van der Waals surface area contributed by atoms with E-state index in [0.29, 0.717) is 65.1 Å². The molecule has 1 N–H and O–H groups in total. The number of thiol groups is 1. The maximum atomic E-state index is 11.2. The summed E-state index contributed by atoms with van der Waals surface area (Å²) in [5.74, 6) is -0.0211. The molecule has 0 heterocycles. The molecule has 0 aliphatic carbocycles. The van der Waals surface area contributed by atoms with Crippen molar-refractivity contribution >= 4 is 120 Å². The highest BCUT2D eigenvalue weighted by Gasteiger charge is 2.16. The molecule has 0 saturated carbocycles. The SMILES string of the molecule is CCOC(=O)COc1ccc(C(=O)OCl)cc1C.CCOC(=O)COc1ccc(S(=O)(=O)Cl)cc1C.CCOC(=O)COc1ccc(S(=O)(=O)Cl)cc1C.CCOC(=O)COc1ccc(S)cc1C.CCOC(=O)COc1ccccc1C.O=S(=O)(O)Cl. The minimum absolute atomic E-state index is 0.00912. The molecule has 0 fully saturated rings. The number of hydrogen-bond acceptors (Lipinski definition) is 24. The van der Waals surface area contributed by atoms with E-state index < -0.39 is 51.3 Å². The zero-order chi connectivity index (χ0) is 67.2.